The Morgan fingerprint density at radius 2 is 2.09 bits per heavy atom. The van der Waals surface area contributed by atoms with Gasteiger partial charge in [0.05, 0.1) is 4.88 Å². The maximum absolute atomic E-state index is 12.1. The summed E-state index contributed by atoms with van der Waals surface area (Å²) in [5.41, 5.74) is 6.68. The summed E-state index contributed by atoms with van der Waals surface area (Å²) in [5.74, 6) is 0.491. The molecule has 122 valence electrons. The first-order valence-electron chi connectivity index (χ1n) is 7.97. The average molecular weight is 340 g/mol. The van der Waals surface area contributed by atoms with Crippen molar-refractivity contribution in [2.45, 2.75) is 58.9 Å². The zero-order valence-corrected chi connectivity index (χ0v) is 15.1. The molecule has 1 amide bonds. The van der Waals surface area contributed by atoms with Crippen LogP contribution >= 0.6 is 23.6 Å². The number of hydrazine groups is 1. The zero-order chi connectivity index (χ0) is 16.1. The van der Waals surface area contributed by atoms with Crippen molar-refractivity contribution in [2.75, 3.05) is 0 Å². The number of amides is 1. The van der Waals surface area contributed by atoms with Crippen molar-refractivity contribution < 1.29 is 4.79 Å². The predicted octanol–water partition coefficient (Wildman–Crippen LogP) is 3.31. The largest absolute Gasteiger partial charge is 0.358 e. The van der Waals surface area contributed by atoms with E-state index in [9.17, 15) is 4.79 Å². The van der Waals surface area contributed by atoms with Crippen LogP contribution in [0.4, 0.5) is 0 Å². The van der Waals surface area contributed by atoms with Crippen molar-refractivity contribution in [2.24, 2.45) is 5.92 Å². The van der Waals surface area contributed by atoms with Crippen molar-refractivity contribution in [1.82, 2.24) is 16.2 Å². The Balaban J connectivity index is 1.81. The van der Waals surface area contributed by atoms with E-state index in [1.165, 1.54) is 41.0 Å². The smallest absolute Gasteiger partial charge is 0.279 e. The maximum Gasteiger partial charge on any atom is 0.279 e. The first-order chi connectivity index (χ1) is 10.5. The quantitative estimate of drug-likeness (QED) is 0.584. The molecule has 1 heterocycles. The van der Waals surface area contributed by atoms with Crippen LogP contribution in [0.1, 0.15) is 59.6 Å². The molecule has 6 heteroatoms. The van der Waals surface area contributed by atoms with E-state index in [0.29, 0.717) is 17.1 Å². The minimum atomic E-state index is -0.131. The molecule has 4 nitrogen and oxygen atoms in total. The summed E-state index contributed by atoms with van der Waals surface area (Å²) in [7, 11) is 0. The van der Waals surface area contributed by atoms with E-state index in [1.54, 1.807) is 0 Å². The molecule has 0 spiro atoms. The number of hydrogen-bond acceptors (Lipinski definition) is 3. The fourth-order valence-corrected chi connectivity index (χ4v) is 4.10. The van der Waals surface area contributed by atoms with Gasteiger partial charge in [-0.1, -0.05) is 26.7 Å². The molecule has 1 aromatic rings. The Hall–Kier alpha value is -1.14. The fraction of sp³-hybridized carbons (Fsp3) is 0.625. The van der Waals surface area contributed by atoms with Crippen LogP contribution < -0.4 is 16.2 Å². The van der Waals surface area contributed by atoms with E-state index in [0.717, 1.165) is 17.7 Å². The van der Waals surface area contributed by atoms with Crippen LogP contribution in [0.25, 0.3) is 0 Å². The number of hydrogen-bond donors (Lipinski definition) is 3. The predicted molar refractivity (Wildman–Crippen MR) is 96.2 cm³/mol. The third-order valence-corrected chi connectivity index (χ3v) is 5.88. The van der Waals surface area contributed by atoms with Crippen molar-refractivity contribution in [3.63, 3.8) is 0 Å². The number of rotatable bonds is 3. The molecule has 2 rings (SSSR count). The lowest BCUT2D eigenvalue weighted by atomic mass is 9.86. The topological polar surface area (TPSA) is 53.2 Å². The Morgan fingerprint density at radius 3 is 2.73 bits per heavy atom. The van der Waals surface area contributed by atoms with E-state index < -0.39 is 0 Å². The number of thiocarbonyl (C=S) groups is 1. The Bertz CT molecular complexity index is 541. The molecule has 0 bridgehead atoms. The van der Waals surface area contributed by atoms with Crippen molar-refractivity contribution in [1.29, 1.82) is 0 Å². The van der Waals surface area contributed by atoms with E-state index in [1.807, 2.05) is 13.0 Å². The molecule has 0 saturated heterocycles. The maximum atomic E-state index is 12.1. The van der Waals surface area contributed by atoms with Gasteiger partial charge in [-0.15, -0.1) is 11.3 Å². The van der Waals surface area contributed by atoms with E-state index in [2.05, 4.69) is 30.0 Å². The highest BCUT2D eigenvalue weighted by atomic mass is 32.1. The first-order valence-corrected chi connectivity index (χ1v) is 9.20. The van der Waals surface area contributed by atoms with Crippen molar-refractivity contribution in [3.8, 4) is 0 Å². The van der Waals surface area contributed by atoms with Gasteiger partial charge in [-0.25, -0.2) is 0 Å². The normalized spacial score (nSPS) is 21.2. The molecular formula is C16H25N3OS2. The van der Waals surface area contributed by atoms with Crippen LogP contribution in [0, 0.1) is 12.8 Å². The molecule has 0 aliphatic heterocycles. The minimum Gasteiger partial charge on any atom is -0.358 e. The highest BCUT2D eigenvalue weighted by molar-refractivity contribution is 7.80. The van der Waals surface area contributed by atoms with Crippen LogP contribution in [0.15, 0.2) is 6.07 Å². The van der Waals surface area contributed by atoms with Crippen LogP contribution in [-0.4, -0.2) is 17.1 Å². The van der Waals surface area contributed by atoms with Gasteiger partial charge < -0.3 is 5.32 Å². The molecule has 22 heavy (non-hydrogen) atoms. The Kier molecular flexibility index (Phi) is 6.20. The molecule has 3 N–H and O–H groups in total. The Labute approximate surface area is 142 Å². The van der Waals surface area contributed by atoms with E-state index >= 15 is 0 Å². The summed E-state index contributed by atoms with van der Waals surface area (Å²) in [6, 6.07) is 2.33. The van der Waals surface area contributed by atoms with E-state index in [-0.39, 0.29) is 5.91 Å². The number of nitrogens with one attached hydrogen (secondary N) is 3. The highest BCUT2D eigenvalue weighted by Crippen LogP contribution is 2.24. The lowest BCUT2D eigenvalue weighted by Gasteiger charge is -2.30. The van der Waals surface area contributed by atoms with Crippen LogP contribution in [-0.2, 0) is 6.42 Å². The minimum absolute atomic E-state index is 0.131. The van der Waals surface area contributed by atoms with Crippen LogP contribution in [0.5, 0.6) is 0 Å². The van der Waals surface area contributed by atoms with E-state index in [4.69, 9.17) is 12.2 Å². The average Bonchev–Trinajstić information content (AvgIpc) is 2.88. The number of carbonyl (C=O) groups is 1. The van der Waals surface area contributed by atoms with Gasteiger partial charge in [-0.05, 0) is 56.0 Å². The monoisotopic (exact) mass is 339 g/mol. The SMILES string of the molecule is CCc1sc(C(=O)NNC(=S)N[C@@H]2CCCC[C@@H]2C)cc1C. The summed E-state index contributed by atoms with van der Waals surface area (Å²) < 4.78 is 0. The lowest BCUT2D eigenvalue weighted by Crippen LogP contribution is -2.51. The van der Waals surface area contributed by atoms with Gasteiger partial charge in [0.15, 0.2) is 5.11 Å². The van der Waals surface area contributed by atoms with Gasteiger partial charge in [0.2, 0.25) is 0 Å². The molecule has 0 unspecified atom stereocenters. The highest BCUT2D eigenvalue weighted by Gasteiger charge is 2.21. The molecule has 1 aliphatic carbocycles. The van der Waals surface area contributed by atoms with Gasteiger partial charge in [-0.2, -0.15) is 0 Å². The van der Waals surface area contributed by atoms with Gasteiger partial charge in [-0.3, -0.25) is 15.6 Å². The molecule has 1 aliphatic rings. The molecule has 0 aromatic carbocycles. The molecule has 1 saturated carbocycles. The summed E-state index contributed by atoms with van der Waals surface area (Å²) >= 11 is 6.82. The molecule has 1 fully saturated rings. The van der Waals surface area contributed by atoms with Gasteiger partial charge in [0, 0.05) is 10.9 Å². The Morgan fingerprint density at radius 1 is 1.36 bits per heavy atom. The van der Waals surface area contributed by atoms with Crippen LogP contribution in [0.3, 0.4) is 0 Å². The summed E-state index contributed by atoms with van der Waals surface area (Å²) in [6.07, 6.45) is 5.87. The zero-order valence-electron chi connectivity index (χ0n) is 13.5. The summed E-state index contributed by atoms with van der Waals surface area (Å²) in [4.78, 5) is 14.1. The molecular weight excluding hydrogens is 314 g/mol. The van der Waals surface area contributed by atoms with Crippen molar-refractivity contribution in [3.05, 3.63) is 21.4 Å². The van der Waals surface area contributed by atoms with Gasteiger partial charge in [0.1, 0.15) is 0 Å². The third-order valence-electron chi connectivity index (χ3n) is 4.28. The number of carbonyl (C=O) groups excluding carboxylic acids is 1. The number of aryl methyl sites for hydroxylation is 2. The lowest BCUT2D eigenvalue weighted by molar-refractivity contribution is 0.0947. The third kappa shape index (κ3) is 4.43. The van der Waals surface area contributed by atoms with Gasteiger partial charge >= 0.3 is 0 Å². The number of thiophene rings is 1. The summed E-state index contributed by atoms with van der Waals surface area (Å²) in [5, 5.41) is 3.81. The second kappa shape index (κ2) is 7.92. The second-order valence-electron chi connectivity index (χ2n) is 5.99. The fourth-order valence-electron chi connectivity index (χ4n) is 2.89. The van der Waals surface area contributed by atoms with Crippen molar-refractivity contribution >= 4 is 34.6 Å². The standard InChI is InChI=1S/C16H25N3OS2/c1-4-13-11(3)9-14(22-13)15(20)18-19-16(21)17-12-8-6-5-7-10(12)2/h9-10,12H,4-8H2,1-3H3,(H,18,20)(H2,17,19,21)/t10-,12+/m0/s1. The summed E-state index contributed by atoms with van der Waals surface area (Å²) in [6.45, 7) is 6.39. The first kappa shape index (κ1) is 17.2. The van der Waals surface area contributed by atoms with Crippen LogP contribution in [0.2, 0.25) is 0 Å². The molecule has 1 aromatic heterocycles. The van der Waals surface area contributed by atoms with Gasteiger partial charge in [0.25, 0.3) is 5.91 Å². The molecule has 0 radical (unpaired) electrons. The second-order valence-corrected chi connectivity index (χ2v) is 7.54. The molecule has 2 atom stereocenters.